The fraction of sp³-hybridized carbons (Fsp3) is 0.0952. The Balaban J connectivity index is 2.18. The van der Waals surface area contributed by atoms with Gasteiger partial charge in [0.25, 0.3) is 15.6 Å². The van der Waals surface area contributed by atoms with E-state index in [1.54, 1.807) is 20.2 Å². The molecule has 1 aromatic heterocycles. The third kappa shape index (κ3) is 4.92. The van der Waals surface area contributed by atoms with Crippen molar-refractivity contribution < 1.29 is 21.9 Å². The molecule has 0 saturated heterocycles. The molecule has 0 unspecified atom stereocenters. The molecule has 31 heavy (non-hydrogen) atoms. The molecular formula is C21H19F2N3O4S. The van der Waals surface area contributed by atoms with Crippen LogP contribution in [-0.2, 0) is 17.1 Å². The maximum atomic E-state index is 14.1. The Hall–Kier alpha value is -3.66. The third-order valence-corrected chi connectivity index (χ3v) is 5.30. The lowest BCUT2D eigenvalue weighted by atomic mass is 10.0. The summed E-state index contributed by atoms with van der Waals surface area (Å²) in [5.41, 5.74) is 1.06. The molecule has 2 aromatic carbocycles. The van der Waals surface area contributed by atoms with Gasteiger partial charge in [0.05, 0.1) is 0 Å². The average molecular weight is 447 g/mol. The van der Waals surface area contributed by atoms with Crippen LogP contribution in [-0.4, -0.2) is 20.0 Å². The van der Waals surface area contributed by atoms with Gasteiger partial charge < -0.3 is 14.6 Å². The number of ether oxygens (including phenoxy) is 1. The third-order valence-electron chi connectivity index (χ3n) is 4.34. The van der Waals surface area contributed by atoms with Gasteiger partial charge in [0.2, 0.25) is 0 Å². The first-order valence-electron chi connectivity index (χ1n) is 8.94. The maximum Gasteiger partial charge on any atom is 0.273 e. The highest BCUT2D eigenvalue weighted by atomic mass is 32.2. The summed E-state index contributed by atoms with van der Waals surface area (Å²) in [4.78, 5) is 12.2. The van der Waals surface area contributed by atoms with Crippen molar-refractivity contribution in [1.82, 2.24) is 4.57 Å². The molecule has 3 rings (SSSR count). The predicted octanol–water partition coefficient (Wildman–Crippen LogP) is 4.05. The molecule has 7 nitrogen and oxygen atoms in total. The van der Waals surface area contributed by atoms with E-state index in [1.165, 1.54) is 29.0 Å². The van der Waals surface area contributed by atoms with Crippen LogP contribution in [0.4, 0.5) is 20.2 Å². The van der Waals surface area contributed by atoms with Crippen molar-refractivity contribution in [3.63, 3.8) is 0 Å². The molecule has 0 fully saturated rings. The molecule has 0 radical (unpaired) electrons. The summed E-state index contributed by atoms with van der Waals surface area (Å²) in [5, 5.41) is 3.55. The van der Waals surface area contributed by atoms with E-state index in [-0.39, 0.29) is 28.4 Å². The van der Waals surface area contributed by atoms with Gasteiger partial charge in [0.15, 0.2) is 11.6 Å². The first-order valence-corrected chi connectivity index (χ1v) is 10.5. The zero-order chi connectivity index (χ0) is 22.8. The van der Waals surface area contributed by atoms with Crippen LogP contribution in [0.25, 0.3) is 11.1 Å². The van der Waals surface area contributed by atoms with Gasteiger partial charge in [0, 0.05) is 48.6 Å². The van der Waals surface area contributed by atoms with E-state index in [9.17, 15) is 22.0 Å². The van der Waals surface area contributed by atoms with Gasteiger partial charge in [-0.15, -0.1) is 0 Å². The van der Waals surface area contributed by atoms with Gasteiger partial charge in [-0.25, -0.2) is 17.2 Å². The number of sulfonamides is 1. The van der Waals surface area contributed by atoms with Crippen LogP contribution in [0.1, 0.15) is 0 Å². The second kappa shape index (κ2) is 8.60. The van der Waals surface area contributed by atoms with Gasteiger partial charge in [0.1, 0.15) is 17.3 Å². The molecule has 0 saturated carbocycles. The molecule has 0 spiro atoms. The molecule has 0 aliphatic carbocycles. The summed E-state index contributed by atoms with van der Waals surface area (Å²) in [5.74, 6) is -1.72. The van der Waals surface area contributed by atoms with Crippen molar-refractivity contribution in [2.45, 2.75) is 0 Å². The molecule has 0 bridgehead atoms. The molecule has 0 amide bonds. The standard InChI is InChI=1S/C21H19F2N3O4S/c1-4-31(28,29)25-15-6-8-19(30-20-7-5-14(22)10-17(20)23)16(11-15)13-9-18(24-2)21(27)26(3)12-13/h4-12,24-25H,1H2,2-3H3. The molecule has 162 valence electrons. The molecule has 0 aliphatic rings. The second-order valence-electron chi connectivity index (χ2n) is 6.51. The highest BCUT2D eigenvalue weighted by Crippen LogP contribution is 2.37. The Morgan fingerprint density at radius 2 is 1.81 bits per heavy atom. The van der Waals surface area contributed by atoms with Crippen molar-refractivity contribution in [2.75, 3.05) is 17.1 Å². The summed E-state index contributed by atoms with van der Waals surface area (Å²) in [6.45, 7) is 3.25. The number of nitrogens with zero attached hydrogens (tertiary/aromatic N) is 1. The number of aryl methyl sites for hydroxylation is 1. The number of nitrogens with one attached hydrogen (secondary N) is 2. The smallest absolute Gasteiger partial charge is 0.273 e. The minimum atomic E-state index is -3.78. The van der Waals surface area contributed by atoms with Gasteiger partial charge in [-0.1, -0.05) is 6.58 Å². The van der Waals surface area contributed by atoms with Crippen LogP contribution in [0.3, 0.4) is 0 Å². The number of halogens is 2. The van der Waals surface area contributed by atoms with Crippen molar-refractivity contribution >= 4 is 21.4 Å². The van der Waals surface area contributed by atoms with Crippen molar-refractivity contribution in [2.24, 2.45) is 7.05 Å². The SMILES string of the molecule is C=CS(=O)(=O)Nc1ccc(Oc2ccc(F)cc2F)c(-c2cc(NC)c(=O)n(C)c2)c1. The maximum absolute atomic E-state index is 14.1. The predicted molar refractivity (Wildman–Crippen MR) is 116 cm³/mol. The minimum Gasteiger partial charge on any atom is -0.454 e. The lowest BCUT2D eigenvalue weighted by Crippen LogP contribution is -2.19. The van der Waals surface area contributed by atoms with E-state index >= 15 is 0 Å². The summed E-state index contributed by atoms with van der Waals surface area (Å²) in [6, 6.07) is 8.76. The number of benzene rings is 2. The summed E-state index contributed by atoms with van der Waals surface area (Å²) in [7, 11) is -0.642. The summed E-state index contributed by atoms with van der Waals surface area (Å²) < 4.78 is 60.4. The van der Waals surface area contributed by atoms with Crippen LogP contribution in [0.15, 0.2) is 65.4 Å². The first-order chi connectivity index (χ1) is 14.6. The summed E-state index contributed by atoms with van der Waals surface area (Å²) in [6.07, 6.45) is 1.53. The fourth-order valence-electron chi connectivity index (χ4n) is 2.83. The van der Waals surface area contributed by atoms with Crippen molar-refractivity contribution in [3.8, 4) is 22.6 Å². The molecule has 3 aromatic rings. The van der Waals surface area contributed by atoms with Crippen LogP contribution in [0.2, 0.25) is 0 Å². The number of aromatic nitrogens is 1. The zero-order valence-electron chi connectivity index (χ0n) is 16.6. The van der Waals surface area contributed by atoms with Crippen molar-refractivity contribution in [1.29, 1.82) is 0 Å². The van der Waals surface area contributed by atoms with Gasteiger partial charge in [-0.05, 0) is 36.4 Å². The van der Waals surface area contributed by atoms with E-state index in [4.69, 9.17) is 4.74 Å². The van der Waals surface area contributed by atoms with Crippen LogP contribution in [0, 0.1) is 11.6 Å². The Labute approximate surface area is 177 Å². The van der Waals surface area contributed by atoms with Gasteiger partial charge >= 0.3 is 0 Å². The molecule has 2 N–H and O–H groups in total. The molecular weight excluding hydrogens is 428 g/mol. The largest absolute Gasteiger partial charge is 0.454 e. The van der Waals surface area contributed by atoms with Gasteiger partial charge in [-0.2, -0.15) is 0 Å². The van der Waals surface area contributed by atoms with Crippen LogP contribution in [0.5, 0.6) is 11.5 Å². The van der Waals surface area contributed by atoms with Crippen LogP contribution >= 0.6 is 0 Å². The highest BCUT2D eigenvalue weighted by molar-refractivity contribution is 7.95. The van der Waals surface area contributed by atoms with E-state index in [0.29, 0.717) is 17.2 Å². The second-order valence-corrected chi connectivity index (χ2v) is 8.14. The minimum absolute atomic E-state index is 0.160. The van der Waals surface area contributed by atoms with E-state index < -0.39 is 21.7 Å². The quantitative estimate of drug-likeness (QED) is 0.570. The molecule has 0 atom stereocenters. The fourth-order valence-corrected chi connectivity index (χ4v) is 3.37. The Morgan fingerprint density at radius 1 is 1.10 bits per heavy atom. The van der Waals surface area contributed by atoms with Gasteiger partial charge in [-0.3, -0.25) is 9.52 Å². The number of hydrogen-bond donors (Lipinski definition) is 2. The Kier molecular flexibility index (Phi) is 6.11. The average Bonchev–Trinajstić information content (AvgIpc) is 2.72. The van der Waals surface area contributed by atoms with Crippen molar-refractivity contribution in [3.05, 3.63) is 82.6 Å². The van der Waals surface area contributed by atoms with E-state index in [1.807, 2.05) is 0 Å². The first kappa shape index (κ1) is 22.0. The number of hydrogen-bond acceptors (Lipinski definition) is 5. The molecule has 1 heterocycles. The monoisotopic (exact) mass is 447 g/mol. The number of anilines is 2. The van der Waals surface area contributed by atoms with E-state index in [2.05, 4.69) is 16.6 Å². The molecule has 0 aliphatic heterocycles. The number of rotatable bonds is 7. The normalized spacial score (nSPS) is 11.1. The summed E-state index contributed by atoms with van der Waals surface area (Å²) >= 11 is 0. The Bertz CT molecular complexity index is 1320. The number of pyridine rings is 1. The zero-order valence-corrected chi connectivity index (χ0v) is 17.5. The van der Waals surface area contributed by atoms with E-state index in [0.717, 1.165) is 17.5 Å². The topological polar surface area (TPSA) is 89.4 Å². The highest BCUT2D eigenvalue weighted by Gasteiger charge is 2.16. The lowest BCUT2D eigenvalue weighted by Gasteiger charge is -2.16. The lowest BCUT2D eigenvalue weighted by molar-refractivity contribution is 0.439. The molecule has 10 heteroatoms. The Morgan fingerprint density at radius 3 is 2.45 bits per heavy atom. The van der Waals surface area contributed by atoms with Crippen LogP contribution < -0.4 is 20.3 Å².